The molecule has 7 nitrogen and oxygen atoms in total. The lowest BCUT2D eigenvalue weighted by Gasteiger charge is -2.29. The van der Waals surface area contributed by atoms with E-state index in [0.29, 0.717) is 33.0 Å². The number of anilines is 2. The van der Waals surface area contributed by atoms with Crippen molar-refractivity contribution in [2.24, 2.45) is 0 Å². The average molecular weight is 431 g/mol. The number of rotatable bonds is 6. The molecule has 0 amide bonds. The van der Waals surface area contributed by atoms with E-state index in [-0.39, 0.29) is 17.1 Å². The molecule has 158 valence electrons. The van der Waals surface area contributed by atoms with Gasteiger partial charge in [-0.1, -0.05) is 0 Å². The minimum Gasteiger partial charge on any atom is -0.488 e. The number of ether oxygens (including phenoxy) is 2. The highest BCUT2D eigenvalue weighted by Gasteiger charge is 2.25. The second-order valence-electron chi connectivity index (χ2n) is 7.29. The summed E-state index contributed by atoms with van der Waals surface area (Å²) >= 11 is 1.10. The summed E-state index contributed by atoms with van der Waals surface area (Å²) in [5.41, 5.74) is 1.14. The molecule has 0 radical (unpaired) electrons. The molecular weight excluding hydrogens is 409 g/mol. The van der Waals surface area contributed by atoms with E-state index >= 15 is 0 Å². The third-order valence-corrected chi connectivity index (χ3v) is 6.51. The lowest BCUT2D eigenvalue weighted by Crippen LogP contribution is -2.29. The Hall–Kier alpha value is -2.78. The van der Waals surface area contributed by atoms with Crippen LogP contribution in [0.25, 0.3) is 10.2 Å². The standard InChI is InChI=1S/C21H22FN3O4S/c1-11-17-19(23-10-24-20(17)30-18(11)21(26)27)25-15-7-6-12(22)8-16(15)29-14-5-3-4-13(9-14)28-2/h6-8,10,13-14H,3-5,9H2,1-2H3,(H,26,27)(H,23,24,25)/t13-,14-/m0/s1. The number of carboxylic acid groups (broad SMARTS) is 1. The Morgan fingerprint density at radius 2 is 2.10 bits per heavy atom. The summed E-state index contributed by atoms with van der Waals surface area (Å²) < 4.78 is 25.6. The molecule has 1 aliphatic carbocycles. The summed E-state index contributed by atoms with van der Waals surface area (Å²) in [5.74, 6) is -0.564. The first kappa shape index (κ1) is 20.5. The molecule has 2 atom stereocenters. The van der Waals surface area contributed by atoms with Gasteiger partial charge >= 0.3 is 5.97 Å². The number of carboxylic acids is 1. The fraction of sp³-hybridized carbons (Fsp3) is 0.381. The van der Waals surface area contributed by atoms with E-state index in [1.54, 1.807) is 20.1 Å². The van der Waals surface area contributed by atoms with Crippen molar-refractivity contribution in [2.45, 2.75) is 44.8 Å². The second kappa shape index (κ2) is 8.53. The van der Waals surface area contributed by atoms with Crippen molar-refractivity contribution in [3.05, 3.63) is 40.8 Å². The SMILES string of the molecule is CO[C@H]1CCC[C@H](Oc2cc(F)ccc2Nc2ncnc3sc(C(=O)O)c(C)c23)C1. The first-order chi connectivity index (χ1) is 14.5. The number of aryl methyl sites for hydroxylation is 1. The van der Waals surface area contributed by atoms with E-state index in [4.69, 9.17) is 9.47 Å². The Balaban J connectivity index is 1.66. The molecule has 0 spiro atoms. The summed E-state index contributed by atoms with van der Waals surface area (Å²) in [6.45, 7) is 1.73. The van der Waals surface area contributed by atoms with Gasteiger partial charge in [0.05, 0.1) is 17.2 Å². The summed E-state index contributed by atoms with van der Waals surface area (Å²) in [4.78, 5) is 20.8. The monoisotopic (exact) mass is 431 g/mol. The Kier molecular flexibility index (Phi) is 5.83. The largest absolute Gasteiger partial charge is 0.488 e. The molecule has 0 aliphatic heterocycles. The normalized spacial score (nSPS) is 19.0. The van der Waals surface area contributed by atoms with Crippen LogP contribution < -0.4 is 10.1 Å². The van der Waals surface area contributed by atoms with E-state index < -0.39 is 11.8 Å². The van der Waals surface area contributed by atoms with E-state index in [2.05, 4.69) is 15.3 Å². The molecular formula is C21H22FN3O4S. The van der Waals surface area contributed by atoms with Crippen molar-refractivity contribution < 1.29 is 23.8 Å². The van der Waals surface area contributed by atoms with Crippen molar-refractivity contribution in [3.8, 4) is 5.75 Å². The highest BCUT2D eigenvalue weighted by Crippen LogP contribution is 2.37. The number of hydrogen-bond donors (Lipinski definition) is 2. The van der Waals surface area contributed by atoms with Gasteiger partial charge in [-0.15, -0.1) is 11.3 Å². The van der Waals surface area contributed by atoms with Gasteiger partial charge in [-0.25, -0.2) is 19.2 Å². The molecule has 2 aromatic heterocycles. The number of benzene rings is 1. The average Bonchev–Trinajstić information content (AvgIpc) is 3.08. The van der Waals surface area contributed by atoms with E-state index in [1.165, 1.54) is 18.5 Å². The minimum atomic E-state index is -1.00. The van der Waals surface area contributed by atoms with Crippen LogP contribution in [0, 0.1) is 12.7 Å². The van der Waals surface area contributed by atoms with Crippen LogP contribution in [0.1, 0.15) is 40.9 Å². The van der Waals surface area contributed by atoms with Gasteiger partial charge in [0, 0.05) is 19.6 Å². The Bertz CT molecular complexity index is 1090. The number of aromatic carboxylic acids is 1. The number of nitrogens with one attached hydrogen (secondary N) is 1. The third-order valence-electron chi connectivity index (χ3n) is 5.32. The van der Waals surface area contributed by atoms with E-state index in [1.807, 2.05) is 0 Å². The summed E-state index contributed by atoms with van der Waals surface area (Å²) in [6.07, 6.45) is 5.04. The first-order valence-corrected chi connectivity index (χ1v) is 10.5. The van der Waals surface area contributed by atoms with Gasteiger partial charge in [-0.2, -0.15) is 0 Å². The molecule has 2 heterocycles. The Labute approximate surface area is 176 Å². The van der Waals surface area contributed by atoms with Crippen LogP contribution >= 0.6 is 11.3 Å². The number of nitrogens with zero attached hydrogens (tertiary/aromatic N) is 2. The van der Waals surface area contributed by atoms with Gasteiger partial charge in [0.1, 0.15) is 39.5 Å². The quantitative estimate of drug-likeness (QED) is 0.572. The zero-order valence-electron chi connectivity index (χ0n) is 16.6. The van der Waals surface area contributed by atoms with E-state index in [9.17, 15) is 14.3 Å². The second-order valence-corrected chi connectivity index (χ2v) is 8.29. The number of thiophene rings is 1. The van der Waals surface area contributed by atoms with Crippen molar-refractivity contribution in [1.82, 2.24) is 9.97 Å². The zero-order valence-corrected chi connectivity index (χ0v) is 17.5. The predicted molar refractivity (Wildman–Crippen MR) is 112 cm³/mol. The first-order valence-electron chi connectivity index (χ1n) is 9.69. The molecule has 1 aromatic carbocycles. The molecule has 1 fully saturated rings. The fourth-order valence-corrected chi connectivity index (χ4v) is 4.79. The number of hydrogen-bond acceptors (Lipinski definition) is 7. The topological polar surface area (TPSA) is 93.6 Å². The van der Waals surface area contributed by atoms with Gasteiger partial charge in [-0.3, -0.25) is 0 Å². The molecule has 1 saturated carbocycles. The number of fused-ring (bicyclic) bond motifs is 1. The zero-order chi connectivity index (χ0) is 21.3. The maximum atomic E-state index is 14.0. The number of methoxy groups -OCH3 is 1. The minimum absolute atomic E-state index is 0.0713. The summed E-state index contributed by atoms with van der Waals surface area (Å²) in [6, 6.07) is 4.28. The van der Waals surface area contributed by atoms with Crippen LogP contribution in [0.4, 0.5) is 15.9 Å². The van der Waals surface area contributed by atoms with Gasteiger partial charge in [0.15, 0.2) is 0 Å². The molecule has 0 unspecified atom stereocenters. The van der Waals surface area contributed by atoms with Crippen molar-refractivity contribution in [2.75, 3.05) is 12.4 Å². The van der Waals surface area contributed by atoms with Crippen LogP contribution in [0.15, 0.2) is 24.5 Å². The maximum Gasteiger partial charge on any atom is 0.346 e. The van der Waals surface area contributed by atoms with Crippen LogP contribution in [0.2, 0.25) is 0 Å². The smallest absolute Gasteiger partial charge is 0.346 e. The highest BCUT2D eigenvalue weighted by molar-refractivity contribution is 7.20. The number of aromatic nitrogens is 2. The van der Waals surface area contributed by atoms with Crippen LogP contribution in [0.5, 0.6) is 5.75 Å². The maximum absolute atomic E-state index is 14.0. The summed E-state index contributed by atoms with van der Waals surface area (Å²) in [5, 5.41) is 13.2. The van der Waals surface area contributed by atoms with Gasteiger partial charge < -0.3 is 19.9 Å². The highest BCUT2D eigenvalue weighted by atomic mass is 32.1. The van der Waals surface area contributed by atoms with E-state index in [0.717, 1.165) is 37.0 Å². The van der Waals surface area contributed by atoms with Gasteiger partial charge in [0.25, 0.3) is 0 Å². The molecule has 0 bridgehead atoms. The van der Waals surface area contributed by atoms with Crippen LogP contribution in [-0.2, 0) is 4.74 Å². The molecule has 9 heteroatoms. The molecule has 4 rings (SSSR count). The molecule has 3 aromatic rings. The number of carbonyl (C=O) groups is 1. The lowest BCUT2D eigenvalue weighted by molar-refractivity contribution is 0.0211. The van der Waals surface area contributed by atoms with Crippen molar-refractivity contribution in [1.29, 1.82) is 0 Å². The Morgan fingerprint density at radius 3 is 2.87 bits per heavy atom. The van der Waals surface area contributed by atoms with Gasteiger partial charge in [0.2, 0.25) is 0 Å². The molecule has 30 heavy (non-hydrogen) atoms. The van der Waals surface area contributed by atoms with Crippen molar-refractivity contribution in [3.63, 3.8) is 0 Å². The van der Waals surface area contributed by atoms with Gasteiger partial charge in [-0.05, 0) is 43.9 Å². The number of halogens is 1. The third kappa shape index (κ3) is 4.08. The Morgan fingerprint density at radius 1 is 1.30 bits per heavy atom. The molecule has 0 saturated heterocycles. The predicted octanol–water partition coefficient (Wildman–Crippen LogP) is 4.92. The summed E-state index contributed by atoms with van der Waals surface area (Å²) in [7, 11) is 1.69. The van der Waals surface area contributed by atoms with Crippen LogP contribution in [-0.4, -0.2) is 40.4 Å². The van der Waals surface area contributed by atoms with Crippen molar-refractivity contribution >= 4 is 39.0 Å². The fourth-order valence-electron chi connectivity index (χ4n) is 3.80. The van der Waals surface area contributed by atoms with Crippen LogP contribution in [0.3, 0.4) is 0 Å². The molecule has 2 N–H and O–H groups in total. The lowest BCUT2D eigenvalue weighted by atomic mass is 9.95. The molecule has 1 aliphatic rings.